The number of aliphatic hydroxyl groups is 2. The Balaban J connectivity index is 2.85. The van der Waals surface area contributed by atoms with Crippen molar-refractivity contribution < 1.29 is 10.2 Å². The summed E-state index contributed by atoms with van der Waals surface area (Å²) >= 11 is 11.3. The molecule has 1 aliphatic rings. The Hall–Kier alpha value is 0.240. The lowest BCUT2D eigenvalue weighted by molar-refractivity contribution is 0.0128. The molecule has 0 aromatic carbocycles. The van der Waals surface area contributed by atoms with Gasteiger partial charge in [0, 0.05) is 6.42 Å². The summed E-state index contributed by atoms with van der Waals surface area (Å²) in [6.45, 7) is 1.57. The van der Waals surface area contributed by atoms with Gasteiger partial charge in [0.05, 0.1) is 11.0 Å². The summed E-state index contributed by atoms with van der Waals surface area (Å²) in [5.41, 5.74) is -1.05. The standard InChI is InChI=1S/C7H10Cl2O2/c1-6(10)3-2-5(8)7(9,11)4-6/h2-3,5,10-11H,4H2,1H3. The smallest absolute Gasteiger partial charge is 0.161 e. The van der Waals surface area contributed by atoms with Gasteiger partial charge in [-0.1, -0.05) is 23.8 Å². The highest BCUT2D eigenvalue weighted by Crippen LogP contribution is 2.36. The lowest BCUT2D eigenvalue weighted by Gasteiger charge is -2.35. The van der Waals surface area contributed by atoms with Crippen molar-refractivity contribution in [2.75, 3.05) is 0 Å². The van der Waals surface area contributed by atoms with Crippen LogP contribution < -0.4 is 0 Å². The first-order chi connectivity index (χ1) is 4.83. The van der Waals surface area contributed by atoms with Gasteiger partial charge in [-0.2, -0.15) is 0 Å². The number of hydrogen-bond acceptors (Lipinski definition) is 2. The first-order valence-corrected chi connectivity index (χ1v) is 4.12. The third-order valence-corrected chi connectivity index (χ3v) is 2.64. The Labute approximate surface area is 75.4 Å². The van der Waals surface area contributed by atoms with Crippen molar-refractivity contribution in [3.63, 3.8) is 0 Å². The molecule has 0 bridgehead atoms. The number of alkyl halides is 2. The van der Waals surface area contributed by atoms with Gasteiger partial charge in [0.25, 0.3) is 0 Å². The van der Waals surface area contributed by atoms with Crippen LogP contribution in [0.4, 0.5) is 0 Å². The van der Waals surface area contributed by atoms with Gasteiger partial charge >= 0.3 is 0 Å². The molecule has 0 fully saturated rings. The predicted octanol–water partition coefficient (Wildman–Crippen LogP) is 1.23. The van der Waals surface area contributed by atoms with E-state index in [1.54, 1.807) is 13.0 Å². The fourth-order valence-corrected chi connectivity index (χ4v) is 1.59. The van der Waals surface area contributed by atoms with E-state index in [0.717, 1.165) is 0 Å². The van der Waals surface area contributed by atoms with Gasteiger partial charge in [-0.25, -0.2) is 0 Å². The van der Waals surface area contributed by atoms with Gasteiger partial charge in [0.1, 0.15) is 0 Å². The van der Waals surface area contributed by atoms with Gasteiger partial charge in [0.2, 0.25) is 0 Å². The topological polar surface area (TPSA) is 40.5 Å². The zero-order valence-electron chi connectivity index (χ0n) is 6.09. The van der Waals surface area contributed by atoms with Crippen LogP contribution in [0, 0.1) is 0 Å². The molecule has 0 aliphatic heterocycles. The van der Waals surface area contributed by atoms with E-state index in [2.05, 4.69) is 0 Å². The summed E-state index contributed by atoms with van der Waals surface area (Å²) in [6, 6.07) is 0. The van der Waals surface area contributed by atoms with Crippen LogP contribution >= 0.6 is 23.2 Å². The predicted molar refractivity (Wildman–Crippen MR) is 44.8 cm³/mol. The van der Waals surface area contributed by atoms with Crippen LogP contribution in [0.2, 0.25) is 0 Å². The quantitative estimate of drug-likeness (QED) is 0.453. The Morgan fingerprint density at radius 1 is 1.55 bits per heavy atom. The van der Waals surface area contributed by atoms with E-state index in [9.17, 15) is 10.2 Å². The van der Waals surface area contributed by atoms with E-state index >= 15 is 0 Å². The molecule has 0 saturated heterocycles. The van der Waals surface area contributed by atoms with Crippen LogP contribution in [-0.2, 0) is 0 Å². The summed E-state index contributed by atoms with van der Waals surface area (Å²) in [4.78, 5) is 0. The number of halogens is 2. The third-order valence-electron chi connectivity index (χ3n) is 1.65. The van der Waals surface area contributed by atoms with Gasteiger partial charge in [-0.05, 0) is 6.92 Å². The average Bonchev–Trinajstić information content (AvgIpc) is 1.77. The fraction of sp³-hybridized carbons (Fsp3) is 0.714. The van der Waals surface area contributed by atoms with E-state index in [1.807, 2.05) is 0 Å². The molecule has 0 saturated carbocycles. The fourth-order valence-electron chi connectivity index (χ4n) is 1.10. The van der Waals surface area contributed by atoms with E-state index in [1.165, 1.54) is 6.08 Å². The largest absolute Gasteiger partial charge is 0.386 e. The molecule has 0 aromatic rings. The van der Waals surface area contributed by atoms with Gasteiger partial charge in [-0.3, -0.25) is 0 Å². The average molecular weight is 197 g/mol. The minimum atomic E-state index is -1.53. The highest BCUT2D eigenvalue weighted by molar-refractivity contribution is 6.32. The molecule has 4 heteroatoms. The molecule has 0 heterocycles. The van der Waals surface area contributed by atoms with E-state index in [0.29, 0.717) is 0 Å². The van der Waals surface area contributed by atoms with Gasteiger partial charge in [0.15, 0.2) is 5.06 Å². The maximum Gasteiger partial charge on any atom is 0.161 e. The second-order valence-corrected chi connectivity index (χ2v) is 4.24. The zero-order valence-corrected chi connectivity index (χ0v) is 7.60. The van der Waals surface area contributed by atoms with Crippen LogP contribution in [-0.4, -0.2) is 26.3 Å². The summed E-state index contributed by atoms with van der Waals surface area (Å²) in [6.07, 6.45) is 3.09. The van der Waals surface area contributed by atoms with E-state index in [-0.39, 0.29) is 6.42 Å². The summed E-state index contributed by atoms with van der Waals surface area (Å²) in [7, 11) is 0. The van der Waals surface area contributed by atoms with Crippen LogP contribution in [0.3, 0.4) is 0 Å². The van der Waals surface area contributed by atoms with Crippen LogP contribution in [0.15, 0.2) is 12.2 Å². The van der Waals surface area contributed by atoms with Crippen molar-refractivity contribution in [2.45, 2.75) is 29.4 Å². The monoisotopic (exact) mass is 196 g/mol. The maximum absolute atomic E-state index is 9.44. The minimum absolute atomic E-state index is 0.0478. The van der Waals surface area contributed by atoms with Crippen molar-refractivity contribution in [3.05, 3.63) is 12.2 Å². The lowest BCUT2D eigenvalue weighted by atomic mass is 9.90. The molecular weight excluding hydrogens is 187 g/mol. The molecule has 2 N–H and O–H groups in total. The normalized spacial score (nSPS) is 51.2. The molecule has 0 amide bonds. The van der Waals surface area contributed by atoms with E-state index < -0.39 is 16.0 Å². The van der Waals surface area contributed by atoms with Crippen molar-refractivity contribution in [1.82, 2.24) is 0 Å². The van der Waals surface area contributed by atoms with Crippen LogP contribution in [0.5, 0.6) is 0 Å². The van der Waals surface area contributed by atoms with Crippen LogP contribution in [0.1, 0.15) is 13.3 Å². The molecular formula is C7H10Cl2O2. The maximum atomic E-state index is 9.44. The molecule has 0 radical (unpaired) electrons. The Bertz CT molecular complexity index is 187. The first kappa shape index (κ1) is 9.33. The van der Waals surface area contributed by atoms with Crippen molar-refractivity contribution >= 4 is 23.2 Å². The molecule has 3 unspecified atom stereocenters. The molecule has 0 aromatic heterocycles. The molecule has 3 atom stereocenters. The molecule has 64 valence electrons. The summed E-state index contributed by atoms with van der Waals surface area (Å²) in [5, 5.41) is 16.7. The van der Waals surface area contributed by atoms with Gasteiger partial charge in [-0.15, -0.1) is 11.6 Å². The minimum Gasteiger partial charge on any atom is -0.386 e. The highest BCUT2D eigenvalue weighted by atomic mass is 35.5. The molecule has 1 aliphatic carbocycles. The molecule has 0 spiro atoms. The van der Waals surface area contributed by atoms with Crippen molar-refractivity contribution in [1.29, 1.82) is 0 Å². The second kappa shape index (κ2) is 2.63. The first-order valence-electron chi connectivity index (χ1n) is 3.31. The molecule has 1 rings (SSSR count). The Morgan fingerprint density at radius 2 is 2.09 bits per heavy atom. The Morgan fingerprint density at radius 3 is 2.45 bits per heavy atom. The van der Waals surface area contributed by atoms with Crippen LogP contribution in [0.25, 0.3) is 0 Å². The number of rotatable bonds is 0. The van der Waals surface area contributed by atoms with Crippen molar-refractivity contribution in [2.24, 2.45) is 0 Å². The molecule has 11 heavy (non-hydrogen) atoms. The number of hydrogen-bond donors (Lipinski definition) is 2. The SMILES string of the molecule is CC1(O)C=CC(Cl)C(O)(Cl)C1. The Kier molecular flexibility index (Phi) is 2.23. The highest BCUT2D eigenvalue weighted by Gasteiger charge is 2.41. The molecule has 2 nitrogen and oxygen atoms in total. The zero-order chi connectivity index (χ0) is 8.70. The van der Waals surface area contributed by atoms with Crippen molar-refractivity contribution in [3.8, 4) is 0 Å². The summed E-state index contributed by atoms with van der Waals surface area (Å²) < 4.78 is 0. The van der Waals surface area contributed by atoms with Gasteiger partial charge < -0.3 is 10.2 Å². The second-order valence-electron chi connectivity index (χ2n) is 3.11. The third kappa shape index (κ3) is 2.09. The lowest BCUT2D eigenvalue weighted by Crippen LogP contribution is -2.43. The summed E-state index contributed by atoms with van der Waals surface area (Å²) in [5.74, 6) is 0. The van der Waals surface area contributed by atoms with E-state index in [4.69, 9.17) is 23.2 Å².